The molecule has 0 bridgehead atoms. The summed E-state index contributed by atoms with van der Waals surface area (Å²) in [5.74, 6) is 2.53. The van der Waals surface area contributed by atoms with Gasteiger partial charge >= 0.3 is 0 Å². The number of aryl methyl sites for hydroxylation is 1. The molecule has 1 aromatic carbocycles. The van der Waals surface area contributed by atoms with Crippen LogP contribution in [0.25, 0.3) is 11.4 Å². The summed E-state index contributed by atoms with van der Waals surface area (Å²) in [6.45, 7) is 0.747. The zero-order valence-corrected chi connectivity index (χ0v) is 12.7. The van der Waals surface area contributed by atoms with Gasteiger partial charge in [0.2, 0.25) is 11.7 Å². The summed E-state index contributed by atoms with van der Waals surface area (Å²) in [6, 6.07) is 7.87. The van der Waals surface area contributed by atoms with Crippen molar-refractivity contribution in [3.63, 3.8) is 0 Å². The van der Waals surface area contributed by atoms with Crippen LogP contribution >= 0.6 is 15.9 Å². The third-order valence-corrected chi connectivity index (χ3v) is 4.23. The number of halogens is 1. The van der Waals surface area contributed by atoms with E-state index >= 15 is 0 Å². The minimum absolute atomic E-state index is 0.205. The standard InChI is InChI=1S/C14H12BrN5O/c15-11-4-1-9(2-5-11)13-18-14(21-19-13)10-3-6-12-16-8-17-20(12)7-10/h1-2,4-5,8,10H,3,6-7H2. The second-order valence-electron chi connectivity index (χ2n) is 5.06. The van der Waals surface area contributed by atoms with Gasteiger partial charge in [-0.1, -0.05) is 21.1 Å². The minimum atomic E-state index is 0.205. The van der Waals surface area contributed by atoms with Crippen molar-refractivity contribution in [2.75, 3.05) is 0 Å². The summed E-state index contributed by atoms with van der Waals surface area (Å²) in [6.07, 6.45) is 3.44. The lowest BCUT2D eigenvalue weighted by Crippen LogP contribution is -2.20. The van der Waals surface area contributed by atoms with E-state index in [9.17, 15) is 0 Å². The average Bonchev–Trinajstić information content (AvgIpc) is 3.16. The summed E-state index contributed by atoms with van der Waals surface area (Å²) in [5.41, 5.74) is 0.949. The average molecular weight is 346 g/mol. The van der Waals surface area contributed by atoms with Gasteiger partial charge < -0.3 is 4.52 Å². The molecule has 0 N–H and O–H groups in total. The minimum Gasteiger partial charge on any atom is -0.339 e. The van der Waals surface area contributed by atoms with E-state index in [0.29, 0.717) is 11.7 Å². The Kier molecular flexibility index (Phi) is 3.07. The SMILES string of the molecule is Brc1ccc(-c2noc(C3CCc4ncnn4C3)n2)cc1. The number of aromatic nitrogens is 5. The molecule has 1 aliphatic heterocycles. The van der Waals surface area contributed by atoms with Crippen molar-refractivity contribution in [1.82, 2.24) is 24.9 Å². The maximum absolute atomic E-state index is 5.45. The molecule has 4 rings (SSSR count). The lowest BCUT2D eigenvalue weighted by molar-refractivity contribution is 0.308. The van der Waals surface area contributed by atoms with Gasteiger partial charge in [-0.15, -0.1) is 0 Å². The molecule has 6 nitrogen and oxygen atoms in total. The van der Waals surface area contributed by atoms with E-state index in [-0.39, 0.29) is 5.92 Å². The molecule has 106 valence electrons. The number of benzene rings is 1. The summed E-state index contributed by atoms with van der Waals surface area (Å²) < 4.78 is 8.39. The van der Waals surface area contributed by atoms with Gasteiger partial charge in [-0.3, -0.25) is 0 Å². The molecule has 0 spiro atoms. The normalized spacial score (nSPS) is 17.7. The van der Waals surface area contributed by atoms with Crippen LogP contribution in [-0.2, 0) is 13.0 Å². The van der Waals surface area contributed by atoms with Crippen LogP contribution in [0.1, 0.15) is 24.1 Å². The van der Waals surface area contributed by atoms with E-state index in [0.717, 1.165) is 35.2 Å². The molecule has 0 aliphatic carbocycles. The first-order chi connectivity index (χ1) is 10.3. The first kappa shape index (κ1) is 12.7. The molecule has 1 unspecified atom stereocenters. The monoisotopic (exact) mass is 345 g/mol. The predicted molar refractivity (Wildman–Crippen MR) is 78.5 cm³/mol. The van der Waals surface area contributed by atoms with Crippen molar-refractivity contribution in [1.29, 1.82) is 0 Å². The number of nitrogens with zero attached hydrogens (tertiary/aromatic N) is 5. The molecule has 0 fully saturated rings. The molecule has 1 atom stereocenters. The quantitative estimate of drug-likeness (QED) is 0.714. The molecule has 0 amide bonds. The van der Waals surface area contributed by atoms with E-state index < -0.39 is 0 Å². The molecule has 1 aliphatic rings. The van der Waals surface area contributed by atoms with Crippen molar-refractivity contribution in [2.24, 2.45) is 0 Å². The highest BCUT2D eigenvalue weighted by Gasteiger charge is 2.26. The van der Waals surface area contributed by atoms with Crippen LogP contribution in [0.15, 0.2) is 39.6 Å². The molecule has 0 radical (unpaired) electrons. The van der Waals surface area contributed by atoms with Gasteiger partial charge in [0.25, 0.3) is 0 Å². The fraction of sp³-hybridized carbons (Fsp3) is 0.286. The maximum atomic E-state index is 5.45. The molecule has 3 heterocycles. The first-order valence-corrected chi connectivity index (χ1v) is 7.55. The van der Waals surface area contributed by atoms with Crippen molar-refractivity contribution >= 4 is 15.9 Å². The van der Waals surface area contributed by atoms with Crippen LogP contribution in [-0.4, -0.2) is 24.9 Å². The number of hydrogen-bond donors (Lipinski definition) is 0. The maximum Gasteiger partial charge on any atom is 0.231 e. The second-order valence-corrected chi connectivity index (χ2v) is 5.97. The Hall–Kier alpha value is -2.02. The van der Waals surface area contributed by atoms with Gasteiger partial charge in [0.15, 0.2) is 0 Å². The van der Waals surface area contributed by atoms with E-state index in [1.165, 1.54) is 0 Å². The summed E-state index contributed by atoms with van der Waals surface area (Å²) in [4.78, 5) is 8.76. The smallest absolute Gasteiger partial charge is 0.231 e. The molecule has 0 saturated carbocycles. The molecule has 3 aromatic rings. The highest BCUT2D eigenvalue weighted by molar-refractivity contribution is 9.10. The Morgan fingerprint density at radius 3 is 2.95 bits per heavy atom. The fourth-order valence-corrected chi connectivity index (χ4v) is 2.82. The van der Waals surface area contributed by atoms with E-state index in [1.54, 1.807) is 6.33 Å². The molecular weight excluding hydrogens is 334 g/mol. The van der Waals surface area contributed by atoms with Gasteiger partial charge in [0.1, 0.15) is 12.2 Å². The zero-order chi connectivity index (χ0) is 14.2. The van der Waals surface area contributed by atoms with Crippen molar-refractivity contribution in [2.45, 2.75) is 25.3 Å². The fourth-order valence-electron chi connectivity index (χ4n) is 2.56. The topological polar surface area (TPSA) is 69.6 Å². The van der Waals surface area contributed by atoms with Crippen molar-refractivity contribution < 1.29 is 4.52 Å². The summed E-state index contributed by atoms with van der Waals surface area (Å²) in [5, 5.41) is 8.31. The van der Waals surface area contributed by atoms with Gasteiger partial charge in [-0.2, -0.15) is 10.1 Å². The summed E-state index contributed by atoms with van der Waals surface area (Å²) >= 11 is 3.42. The van der Waals surface area contributed by atoms with E-state index in [2.05, 4.69) is 36.2 Å². The molecule has 21 heavy (non-hydrogen) atoms. The second kappa shape index (κ2) is 5.07. The van der Waals surface area contributed by atoms with Crippen molar-refractivity contribution in [3.05, 3.63) is 46.8 Å². The third kappa shape index (κ3) is 2.37. The number of fused-ring (bicyclic) bond motifs is 1. The van der Waals surface area contributed by atoms with Crippen LogP contribution in [0.4, 0.5) is 0 Å². The predicted octanol–water partition coefficient (Wildman–Crippen LogP) is 2.82. The number of rotatable bonds is 2. The first-order valence-electron chi connectivity index (χ1n) is 6.76. The zero-order valence-electron chi connectivity index (χ0n) is 11.1. The van der Waals surface area contributed by atoms with Crippen molar-refractivity contribution in [3.8, 4) is 11.4 Å². The highest BCUT2D eigenvalue weighted by Crippen LogP contribution is 2.28. The Morgan fingerprint density at radius 1 is 1.24 bits per heavy atom. The van der Waals surface area contributed by atoms with Gasteiger partial charge in [-0.25, -0.2) is 9.67 Å². The Balaban J connectivity index is 1.59. The highest BCUT2D eigenvalue weighted by atomic mass is 79.9. The van der Waals surface area contributed by atoms with E-state index in [4.69, 9.17) is 4.52 Å². The lowest BCUT2D eigenvalue weighted by atomic mass is 10.00. The molecular formula is C14H12BrN5O. The summed E-state index contributed by atoms with van der Waals surface area (Å²) in [7, 11) is 0. The molecule has 7 heteroatoms. The van der Waals surface area contributed by atoms with Gasteiger partial charge in [0, 0.05) is 16.5 Å². The van der Waals surface area contributed by atoms with Crippen LogP contribution in [0, 0.1) is 0 Å². The lowest BCUT2D eigenvalue weighted by Gasteiger charge is -2.18. The largest absolute Gasteiger partial charge is 0.339 e. The molecule has 2 aromatic heterocycles. The van der Waals surface area contributed by atoms with Crippen LogP contribution in [0.3, 0.4) is 0 Å². The van der Waals surface area contributed by atoms with Crippen LogP contribution in [0.2, 0.25) is 0 Å². The van der Waals surface area contributed by atoms with Crippen LogP contribution < -0.4 is 0 Å². The Labute approximate surface area is 129 Å². The molecule has 0 saturated heterocycles. The van der Waals surface area contributed by atoms with Gasteiger partial charge in [0.05, 0.1) is 12.5 Å². The Bertz CT molecular complexity index is 764. The van der Waals surface area contributed by atoms with Crippen LogP contribution in [0.5, 0.6) is 0 Å². The van der Waals surface area contributed by atoms with Gasteiger partial charge in [-0.05, 0) is 30.7 Å². The third-order valence-electron chi connectivity index (χ3n) is 3.70. The number of hydrogen-bond acceptors (Lipinski definition) is 5. The van der Waals surface area contributed by atoms with E-state index in [1.807, 2.05) is 28.9 Å². The Morgan fingerprint density at radius 2 is 2.10 bits per heavy atom.